The van der Waals surface area contributed by atoms with E-state index in [1.807, 2.05) is 0 Å². The summed E-state index contributed by atoms with van der Waals surface area (Å²) in [5.41, 5.74) is 0.720. The minimum atomic E-state index is -0.949. The minimum absolute atomic E-state index is 0.0597. The first-order valence-corrected chi connectivity index (χ1v) is 8.76. The van der Waals surface area contributed by atoms with Crippen LogP contribution in [0.15, 0.2) is 24.3 Å². The maximum absolute atomic E-state index is 12.6. The number of piperidine rings is 1. The van der Waals surface area contributed by atoms with Crippen LogP contribution in [0.4, 0.5) is 0 Å². The zero-order chi connectivity index (χ0) is 17.7. The van der Waals surface area contributed by atoms with Crippen LogP contribution in [0.5, 0.6) is 0 Å². The number of likely N-dealkylation sites (tertiary alicyclic amines) is 1. The fourth-order valence-electron chi connectivity index (χ4n) is 3.12. The zero-order valence-corrected chi connectivity index (χ0v) is 14.9. The Kier molecular flexibility index (Phi) is 6.63. The summed E-state index contributed by atoms with van der Waals surface area (Å²) in [6, 6.07) is 6.92. The van der Waals surface area contributed by atoms with Crippen molar-refractivity contribution in [2.45, 2.75) is 45.2 Å². The molecule has 132 valence electrons. The molecule has 1 aromatic carbocycles. The number of nitrogens with zero attached hydrogens (tertiary/aromatic N) is 1. The van der Waals surface area contributed by atoms with E-state index in [0.717, 1.165) is 31.5 Å². The van der Waals surface area contributed by atoms with Gasteiger partial charge in [0, 0.05) is 17.0 Å². The number of benzene rings is 1. The molecule has 2 rings (SSSR count). The van der Waals surface area contributed by atoms with Crippen LogP contribution in [0, 0.1) is 5.92 Å². The van der Waals surface area contributed by atoms with E-state index >= 15 is 0 Å². The fourth-order valence-corrected chi connectivity index (χ4v) is 3.32. The van der Waals surface area contributed by atoms with Crippen molar-refractivity contribution >= 4 is 23.5 Å². The van der Waals surface area contributed by atoms with Crippen molar-refractivity contribution < 1.29 is 14.7 Å². The third kappa shape index (κ3) is 5.21. The molecule has 0 bridgehead atoms. The van der Waals surface area contributed by atoms with Gasteiger partial charge in [-0.05, 0) is 57.5 Å². The standard InChI is InChI=1S/C18H25ClN2O3/c1-12(2)21-8-6-13(7-9-21)18(24)20-16(11-17(22)23)14-4-3-5-15(19)10-14/h3-5,10,12-13,16H,6-9,11H2,1-2H3,(H,20,24)(H,22,23)/t16-/m1/s1. The lowest BCUT2D eigenvalue weighted by Gasteiger charge is -2.34. The second kappa shape index (κ2) is 8.49. The summed E-state index contributed by atoms with van der Waals surface area (Å²) in [6.07, 6.45) is 1.45. The second-order valence-electron chi connectivity index (χ2n) is 6.62. The molecule has 24 heavy (non-hydrogen) atoms. The van der Waals surface area contributed by atoms with Crippen molar-refractivity contribution in [3.63, 3.8) is 0 Å². The number of rotatable bonds is 6. The van der Waals surface area contributed by atoms with Gasteiger partial charge in [-0.1, -0.05) is 23.7 Å². The molecular weight excluding hydrogens is 328 g/mol. The third-order valence-electron chi connectivity index (χ3n) is 4.58. The van der Waals surface area contributed by atoms with E-state index in [9.17, 15) is 9.59 Å². The molecule has 6 heteroatoms. The van der Waals surface area contributed by atoms with Gasteiger partial charge in [-0.15, -0.1) is 0 Å². The molecule has 1 amide bonds. The lowest BCUT2D eigenvalue weighted by Crippen LogP contribution is -2.44. The number of carboxylic acids is 1. The second-order valence-corrected chi connectivity index (χ2v) is 7.05. The van der Waals surface area contributed by atoms with Crippen molar-refractivity contribution in [1.82, 2.24) is 10.2 Å². The van der Waals surface area contributed by atoms with Gasteiger partial charge in [0.15, 0.2) is 0 Å². The molecule has 2 N–H and O–H groups in total. The monoisotopic (exact) mass is 352 g/mol. The van der Waals surface area contributed by atoms with Crippen LogP contribution in [0.3, 0.4) is 0 Å². The van der Waals surface area contributed by atoms with Gasteiger partial charge in [0.2, 0.25) is 5.91 Å². The summed E-state index contributed by atoms with van der Waals surface area (Å²) < 4.78 is 0. The zero-order valence-electron chi connectivity index (χ0n) is 14.2. The first-order chi connectivity index (χ1) is 11.4. The number of carbonyl (C=O) groups excluding carboxylic acids is 1. The van der Waals surface area contributed by atoms with Crippen molar-refractivity contribution in [3.05, 3.63) is 34.9 Å². The number of carboxylic acid groups (broad SMARTS) is 1. The number of carbonyl (C=O) groups is 2. The number of nitrogens with one attached hydrogen (secondary N) is 1. The van der Waals surface area contributed by atoms with E-state index in [-0.39, 0.29) is 18.2 Å². The van der Waals surface area contributed by atoms with E-state index in [1.54, 1.807) is 24.3 Å². The van der Waals surface area contributed by atoms with Crippen molar-refractivity contribution in [2.75, 3.05) is 13.1 Å². The summed E-state index contributed by atoms with van der Waals surface area (Å²) >= 11 is 5.99. The molecule has 1 aliphatic rings. The maximum Gasteiger partial charge on any atom is 0.305 e. The summed E-state index contributed by atoms with van der Waals surface area (Å²) in [7, 11) is 0. The molecule has 1 aromatic rings. The third-order valence-corrected chi connectivity index (χ3v) is 4.81. The Morgan fingerprint density at radius 3 is 2.54 bits per heavy atom. The Balaban J connectivity index is 2.01. The van der Waals surface area contributed by atoms with Gasteiger partial charge >= 0.3 is 5.97 Å². The largest absolute Gasteiger partial charge is 0.481 e. The molecule has 0 spiro atoms. The summed E-state index contributed by atoms with van der Waals surface area (Å²) in [5, 5.41) is 12.6. The average Bonchev–Trinajstić information content (AvgIpc) is 2.53. The Labute approximate surface area is 148 Å². The van der Waals surface area contributed by atoms with Crippen molar-refractivity contribution in [2.24, 2.45) is 5.92 Å². The molecular formula is C18H25ClN2O3. The number of hydrogen-bond acceptors (Lipinski definition) is 3. The van der Waals surface area contributed by atoms with Crippen LogP contribution in [0.2, 0.25) is 5.02 Å². The Morgan fingerprint density at radius 2 is 2.00 bits per heavy atom. The smallest absolute Gasteiger partial charge is 0.305 e. The lowest BCUT2D eigenvalue weighted by molar-refractivity contribution is -0.138. The highest BCUT2D eigenvalue weighted by atomic mass is 35.5. The Hall–Kier alpha value is -1.59. The summed E-state index contributed by atoms with van der Waals surface area (Å²) in [4.78, 5) is 26.1. The van der Waals surface area contributed by atoms with Crippen LogP contribution < -0.4 is 5.32 Å². The summed E-state index contributed by atoms with van der Waals surface area (Å²) in [6.45, 7) is 6.11. The first-order valence-electron chi connectivity index (χ1n) is 8.38. The van der Waals surface area contributed by atoms with Gasteiger partial charge in [0.1, 0.15) is 0 Å². The highest BCUT2D eigenvalue weighted by molar-refractivity contribution is 6.30. The van der Waals surface area contributed by atoms with E-state index in [4.69, 9.17) is 16.7 Å². The van der Waals surface area contributed by atoms with Gasteiger partial charge in [-0.3, -0.25) is 9.59 Å². The summed E-state index contributed by atoms with van der Waals surface area (Å²) in [5.74, 6) is -1.07. The average molecular weight is 353 g/mol. The topological polar surface area (TPSA) is 69.6 Å². The highest BCUT2D eigenvalue weighted by Gasteiger charge is 2.28. The number of halogens is 1. The Bertz CT molecular complexity index is 583. The van der Waals surface area contributed by atoms with Crippen LogP contribution >= 0.6 is 11.6 Å². The predicted molar refractivity (Wildman–Crippen MR) is 94.0 cm³/mol. The number of hydrogen-bond donors (Lipinski definition) is 2. The molecule has 0 aromatic heterocycles. The van der Waals surface area contributed by atoms with Gasteiger partial charge in [0.05, 0.1) is 12.5 Å². The number of aliphatic carboxylic acids is 1. The first kappa shape index (κ1) is 18.7. The van der Waals surface area contributed by atoms with Gasteiger partial charge in [0.25, 0.3) is 0 Å². The van der Waals surface area contributed by atoms with Crippen molar-refractivity contribution in [1.29, 1.82) is 0 Å². The lowest BCUT2D eigenvalue weighted by atomic mass is 9.94. The van der Waals surface area contributed by atoms with E-state index < -0.39 is 12.0 Å². The quantitative estimate of drug-likeness (QED) is 0.825. The Morgan fingerprint density at radius 1 is 1.33 bits per heavy atom. The molecule has 0 saturated carbocycles. The van der Waals surface area contributed by atoms with Gasteiger partial charge in [-0.2, -0.15) is 0 Å². The highest BCUT2D eigenvalue weighted by Crippen LogP contribution is 2.24. The maximum atomic E-state index is 12.6. The molecule has 1 atom stereocenters. The van der Waals surface area contributed by atoms with Crippen LogP contribution in [0.1, 0.15) is 44.7 Å². The molecule has 5 nitrogen and oxygen atoms in total. The molecule has 1 saturated heterocycles. The predicted octanol–water partition coefficient (Wildman–Crippen LogP) is 3.09. The van der Waals surface area contributed by atoms with Crippen molar-refractivity contribution in [3.8, 4) is 0 Å². The van der Waals surface area contributed by atoms with E-state index in [2.05, 4.69) is 24.1 Å². The fraction of sp³-hybridized carbons (Fsp3) is 0.556. The molecule has 1 aliphatic heterocycles. The van der Waals surface area contributed by atoms with Crippen LogP contribution in [0.25, 0.3) is 0 Å². The molecule has 1 heterocycles. The van der Waals surface area contributed by atoms with Gasteiger partial charge < -0.3 is 15.3 Å². The molecule has 0 radical (unpaired) electrons. The van der Waals surface area contributed by atoms with Crippen LogP contribution in [-0.2, 0) is 9.59 Å². The minimum Gasteiger partial charge on any atom is -0.481 e. The van der Waals surface area contributed by atoms with E-state index in [1.165, 1.54) is 0 Å². The van der Waals surface area contributed by atoms with Gasteiger partial charge in [-0.25, -0.2) is 0 Å². The number of amides is 1. The molecule has 1 fully saturated rings. The normalized spacial score (nSPS) is 17.7. The van der Waals surface area contributed by atoms with Crippen LogP contribution in [-0.4, -0.2) is 41.0 Å². The van der Waals surface area contributed by atoms with E-state index in [0.29, 0.717) is 11.1 Å². The SMILES string of the molecule is CC(C)N1CCC(C(=O)N[C@H](CC(=O)O)c2cccc(Cl)c2)CC1. The molecule has 0 aliphatic carbocycles. The molecule has 0 unspecified atom stereocenters.